The van der Waals surface area contributed by atoms with Gasteiger partial charge in [0.2, 0.25) is 0 Å². The van der Waals surface area contributed by atoms with Crippen LogP contribution in [0.3, 0.4) is 0 Å². The molecule has 0 saturated carbocycles. The Kier molecular flexibility index (Phi) is 16.0. The van der Waals surface area contributed by atoms with Gasteiger partial charge in [-0.15, -0.1) is 68.1 Å². The van der Waals surface area contributed by atoms with E-state index in [2.05, 4.69) is 185 Å². The Bertz CT molecular complexity index is 1840. The van der Waals surface area contributed by atoms with Crippen LogP contribution in [0.4, 0.5) is 0 Å². The predicted molar refractivity (Wildman–Crippen MR) is 236 cm³/mol. The number of aryl methyl sites for hydroxylation is 2. The second-order valence-electron chi connectivity index (χ2n) is 16.1. The standard InChI is InChI=1S/2C22H27Si.C2H5.2ClH.Zr/c2*1-15(2)18-13-21-16(3)7-12-20(22(21)14-18)17-8-10-19(11-9-17)23(4,5)6;1-2;;;/h2*7-15H,1-6H3;1H2,2H3;2*1H;/q3*-1;;;+2/p-2. The molecule has 5 heteroatoms. The molecule has 0 bridgehead atoms. The predicted octanol–water partition coefficient (Wildman–Crippen LogP) is 14.6. The van der Waals surface area contributed by atoms with Gasteiger partial charge in [-0.2, -0.15) is 19.1 Å². The topological polar surface area (TPSA) is 0 Å². The molecule has 0 saturated heterocycles. The van der Waals surface area contributed by atoms with Crippen LogP contribution in [0.5, 0.6) is 0 Å². The fourth-order valence-electron chi connectivity index (χ4n) is 6.40. The summed E-state index contributed by atoms with van der Waals surface area (Å²) in [5.41, 5.74) is 11.0. The number of fused-ring (bicyclic) bond motifs is 2. The van der Waals surface area contributed by atoms with Crippen molar-refractivity contribution in [2.45, 2.75) is 99.6 Å². The van der Waals surface area contributed by atoms with Gasteiger partial charge in [0.05, 0.1) is 16.1 Å². The Balaban J connectivity index is 0.000000245. The summed E-state index contributed by atoms with van der Waals surface area (Å²) in [4.78, 5) is 0. The van der Waals surface area contributed by atoms with Gasteiger partial charge in [-0.1, -0.05) is 163 Å². The monoisotopic (exact) mass is 827 g/mol. The molecule has 6 aromatic rings. The molecule has 0 amide bonds. The summed E-state index contributed by atoms with van der Waals surface area (Å²) in [5, 5.41) is 8.65. The van der Waals surface area contributed by atoms with Crippen molar-refractivity contribution in [2.24, 2.45) is 0 Å². The second-order valence-corrected chi connectivity index (χ2v) is 30.0. The first-order chi connectivity index (χ1) is 24.0. The molecule has 0 atom stereocenters. The summed E-state index contributed by atoms with van der Waals surface area (Å²) in [6, 6.07) is 37.1. The number of halogens is 2. The molecule has 6 rings (SSSR count). The van der Waals surface area contributed by atoms with Gasteiger partial charge in [-0.25, -0.2) is 0 Å². The van der Waals surface area contributed by atoms with Gasteiger partial charge < -0.3 is 6.92 Å². The number of hydrogen-bond donors (Lipinski definition) is 0. The third-order valence-corrected chi connectivity index (χ3v) is 13.8. The Morgan fingerprint density at radius 3 is 1.08 bits per heavy atom. The fourth-order valence-corrected chi connectivity index (χ4v) is 8.74. The van der Waals surface area contributed by atoms with Gasteiger partial charge in [0.25, 0.3) is 0 Å². The van der Waals surface area contributed by atoms with Crippen LogP contribution < -0.4 is 10.4 Å². The molecule has 0 aliphatic carbocycles. The van der Waals surface area contributed by atoms with Crippen LogP contribution in [0.15, 0.2) is 97.1 Å². The van der Waals surface area contributed by atoms with Crippen molar-refractivity contribution in [2.75, 3.05) is 0 Å². The van der Waals surface area contributed by atoms with Crippen LogP contribution in [0.1, 0.15) is 68.7 Å². The molecule has 6 aromatic carbocycles. The molecule has 0 aliphatic heterocycles. The van der Waals surface area contributed by atoms with Gasteiger partial charge in [-0.3, -0.25) is 0 Å². The van der Waals surface area contributed by atoms with Crippen molar-refractivity contribution in [3.8, 4) is 22.3 Å². The number of hydrogen-bond acceptors (Lipinski definition) is 0. The fraction of sp³-hybridized carbons (Fsp3) is 0.326. The molecule has 51 heavy (non-hydrogen) atoms. The minimum atomic E-state index is -1.23. The molecule has 0 aromatic heterocycles. The van der Waals surface area contributed by atoms with Crippen LogP contribution in [-0.4, -0.2) is 16.1 Å². The minimum absolute atomic E-state index is 0.573. The zero-order valence-corrected chi connectivity index (χ0v) is 39.3. The Morgan fingerprint density at radius 2 is 0.824 bits per heavy atom. The summed E-state index contributed by atoms with van der Waals surface area (Å²) in [7, 11) is 7.41. The van der Waals surface area contributed by atoms with E-state index in [0.717, 1.165) is 0 Å². The van der Waals surface area contributed by atoms with E-state index in [-0.39, 0.29) is 0 Å². The molecule has 0 N–H and O–H groups in total. The normalized spacial score (nSPS) is 11.5. The van der Waals surface area contributed by atoms with Crippen molar-refractivity contribution in [1.29, 1.82) is 0 Å². The molecule has 272 valence electrons. The van der Waals surface area contributed by atoms with E-state index in [4.69, 9.17) is 17.0 Å². The first kappa shape index (κ1) is 43.4. The van der Waals surface area contributed by atoms with Crippen LogP contribution >= 0.6 is 17.0 Å². The van der Waals surface area contributed by atoms with Crippen LogP contribution in [0, 0.1) is 20.8 Å². The second kappa shape index (κ2) is 18.8. The van der Waals surface area contributed by atoms with Gasteiger partial charge in [0.1, 0.15) is 0 Å². The SMILES string of the molecule is Cc1ccc(-c2ccc([Si](C)(C)C)cc2)c2cc(C(C)C)[cH-]c12.Cc1ccc(-c2ccc([Si](C)(C)C)cc2)c2cc(C(C)C)[cH-]c12.[CH2-]C.[Cl][Zr][Cl]. The summed E-state index contributed by atoms with van der Waals surface area (Å²) in [6.07, 6.45) is 0. The van der Waals surface area contributed by atoms with E-state index < -0.39 is 37.0 Å². The summed E-state index contributed by atoms with van der Waals surface area (Å²) in [6.45, 7) is 32.9. The first-order valence-corrected chi connectivity index (χ1v) is 31.6. The number of benzene rings is 4. The number of rotatable bonds is 6. The average molecular weight is 830 g/mol. The van der Waals surface area contributed by atoms with E-state index in [0.29, 0.717) is 11.8 Å². The van der Waals surface area contributed by atoms with Crippen molar-refractivity contribution in [1.82, 2.24) is 0 Å². The van der Waals surface area contributed by atoms with Crippen LogP contribution in [0.25, 0.3) is 43.8 Å². The zero-order chi connectivity index (χ0) is 38.3. The molecule has 0 spiro atoms. The summed E-state index contributed by atoms with van der Waals surface area (Å²) < 4.78 is 0. The van der Waals surface area contributed by atoms with Crippen LogP contribution in [-0.2, 0) is 20.8 Å². The van der Waals surface area contributed by atoms with Crippen molar-refractivity contribution >= 4 is 65.1 Å². The zero-order valence-electron chi connectivity index (χ0n) is 33.4. The molecule has 0 radical (unpaired) electrons. The molecule has 0 nitrogen and oxygen atoms in total. The van der Waals surface area contributed by atoms with Gasteiger partial charge in [-0.05, 0) is 23.0 Å². The first-order valence-electron chi connectivity index (χ1n) is 18.2. The summed E-state index contributed by atoms with van der Waals surface area (Å²) in [5.74, 6) is 1.15. The third-order valence-electron chi connectivity index (χ3n) is 9.71. The molecule has 0 unspecified atom stereocenters. The van der Waals surface area contributed by atoms with Crippen molar-refractivity contribution < 1.29 is 20.8 Å². The van der Waals surface area contributed by atoms with E-state index in [1.165, 1.54) is 76.4 Å². The quantitative estimate of drug-likeness (QED) is 0.116. The van der Waals surface area contributed by atoms with E-state index in [9.17, 15) is 0 Å². The van der Waals surface area contributed by atoms with Crippen LogP contribution in [0.2, 0.25) is 39.3 Å². The molecular weight excluding hydrogens is 771 g/mol. The molecule has 0 aliphatic rings. The molecular formula is C46H59Cl2Si2Zr-3. The maximum absolute atomic E-state index is 4.93. The van der Waals surface area contributed by atoms with Gasteiger partial charge in [0, 0.05) is 0 Å². The maximum atomic E-state index is 4.93. The van der Waals surface area contributed by atoms with E-state index in [1.807, 2.05) is 0 Å². The average Bonchev–Trinajstić information content (AvgIpc) is 3.74. The van der Waals surface area contributed by atoms with Gasteiger partial charge in [0.15, 0.2) is 0 Å². The Morgan fingerprint density at radius 1 is 0.529 bits per heavy atom. The molecule has 0 heterocycles. The van der Waals surface area contributed by atoms with Gasteiger partial charge >= 0.3 is 37.9 Å². The Labute approximate surface area is 331 Å². The third kappa shape index (κ3) is 11.0. The Hall–Kier alpha value is -2.00. The van der Waals surface area contributed by atoms with E-state index >= 15 is 0 Å². The van der Waals surface area contributed by atoms with Crippen molar-refractivity contribution in [3.05, 3.63) is 126 Å². The summed E-state index contributed by atoms with van der Waals surface area (Å²) >= 11 is -0.826. The molecule has 0 fully saturated rings. The van der Waals surface area contributed by atoms with E-state index in [1.54, 1.807) is 6.92 Å². The van der Waals surface area contributed by atoms with Crippen molar-refractivity contribution in [3.63, 3.8) is 0 Å².